The van der Waals surface area contributed by atoms with E-state index in [1.165, 1.54) is 11.4 Å². The first-order valence-corrected chi connectivity index (χ1v) is 9.81. The minimum absolute atomic E-state index is 0.0916. The molecule has 2 amide bonds. The highest BCUT2D eigenvalue weighted by atomic mass is 35.5. The van der Waals surface area contributed by atoms with Gasteiger partial charge in [0.1, 0.15) is 5.75 Å². The first-order chi connectivity index (χ1) is 11.2. The number of nitrogens with one attached hydrogen (secondary N) is 2. The molecule has 0 aromatic heterocycles. The SMILES string of the molecule is COc1cc(Cl)c(C)cc1N(CCNC(=O)NC1CC1)S(C)(=O)=O. The molecule has 134 valence electrons. The zero-order valence-corrected chi connectivity index (χ0v) is 15.5. The molecule has 7 nitrogen and oxygen atoms in total. The van der Waals surface area contributed by atoms with Crippen LogP contribution in [-0.2, 0) is 10.0 Å². The van der Waals surface area contributed by atoms with Gasteiger partial charge in [-0.3, -0.25) is 4.31 Å². The number of hydrogen-bond acceptors (Lipinski definition) is 4. The van der Waals surface area contributed by atoms with E-state index in [-0.39, 0.29) is 25.2 Å². The zero-order chi connectivity index (χ0) is 17.9. The third-order valence-corrected chi connectivity index (χ3v) is 5.23. The molecule has 24 heavy (non-hydrogen) atoms. The van der Waals surface area contributed by atoms with E-state index in [0.717, 1.165) is 24.7 Å². The van der Waals surface area contributed by atoms with Gasteiger partial charge in [-0.05, 0) is 31.4 Å². The number of anilines is 1. The normalized spacial score (nSPS) is 14.2. The molecule has 0 heterocycles. The molecule has 2 rings (SSSR count). The van der Waals surface area contributed by atoms with Crippen LogP contribution in [0.1, 0.15) is 18.4 Å². The van der Waals surface area contributed by atoms with Crippen molar-refractivity contribution < 1.29 is 17.9 Å². The van der Waals surface area contributed by atoms with Crippen LogP contribution in [0.25, 0.3) is 0 Å². The van der Waals surface area contributed by atoms with Crippen LogP contribution >= 0.6 is 11.6 Å². The standard InChI is InChI=1S/C15H22ClN3O4S/c1-10-8-13(14(23-2)9-12(10)16)19(24(3,21)22)7-6-17-15(20)18-11-4-5-11/h8-9,11H,4-7H2,1-3H3,(H2,17,18,20). The number of hydrogen-bond donors (Lipinski definition) is 2. The number of sulfonamides is 1. The van der Waals surface area contributed by atoms with Gasteiger partial charge in [0, 0.05) is 23.7 Å². The molecule has 1 fully saturated rings. The van der Waals surface area contributed by atoms with Crippen molar-refractivity contribution in [2.75, 3.05) is 30.8 Å². The van der Waals surface area contributed by atoms with Gasteiger partial charge in [0.15, 0.2) is 0 Å². The van der Waals surface area contributed by atoms with E-state index >= 15 is 0 Å². The third-order valence-electron chi connectivity index (χ3n) is 3.64. The van der Waals surface area contributed by atoms with Crippen molar-refractivity contribution in [1.29, 1.82) is 0 Å². The summed E-state index contributed by atoms with van der Waals surface area (Å²) in [7, 11) is -2.10. The van der Waals surface area contributed by atoms with E-state index in [2.05, 4.69) is 10.6 Å². The minimum Gasteiger partial charge on any atom is -0.494 e. The van der Waals surface area contributed by atoms with Crippen LogP contribution in [0.3, 0.4) is 0 Å². The van der Waals surface area contributed by atoms with Crippen LogP contribution in [-0.4, -0.2) is 46.9 Å². The molecule has 2 N–H and O–H groups in total. The number of nitrogens with zero attached hydrogens (tertiary/aromatic N) is 1. The van der Waals surface area contributed by atoms with E-state index in [9.17, 15) is 13.2 Å². The van der Waals surface area contributed by atoms with Crippen LogP contribution in [0.5, 0.6) is 5.75 Å². The topological polar surface area (TPSA) is 87.7 Å². The molecule has 1 aliphatic rings. The fourth-order valence-electron chi connectivity index (χ4n) is 2.21. The minimum atomic E-state index is -3.55. The average Bonchev–Trinajstić information content (AvgIpc) is 3.29. The lowest BCUT2D eigenvalue weighted by molar-refractivity contribution is 0.241. The summed E-state index contributed by atoms with van der Waals surface area (Å²) in [5.41, 5.74) is 1.13. The summed E-state index contributed by atoms with van der Waals surface area (Å²) in [6, 6.07) is 3.20. The number of urea groups is 1. The number of carbonyl (C=O) groups is 1. The Morgan fingerprint density at radius 2 is 2.08 bits per heavy atom. The number of methoxy groups -OCH3 is 1. The van der Waals surface area contributed by atoms with Crippen molar-refractivity contribution in [2.24, 2.45) is 0 Å². The van der Waals surface area contributed by atoms with Crippen LogP contribution in [0.4, 0.5) is 10.5 Å². The van der Waals surface area contributed by atoms with Crippen molar-refractivity contribution >= 4 is 33.3 Å². The molecule has 1 aromatic rings. The number of halogens is 1. The summed E-state index contributed by atoms with van der Waals surface area (Å²) in [6.45, 7) is 2.05. The fourth-order valence-corrected chi connectivity index (χ4v) is 3.28. The maximum Gasteiger partial charge on any atom is 0.315 e. The lowest BCUT2D eigenvalue weighted by Gasteiger charge is -2.25. The number of benzene rings is 1. The lowest BCUT2D eigenvalue weighted by atomic mass is 10.2. The second-order valence-electron chi connectivity index (χ2n) is 5.78. The van der Waals surface area contributed by atoms with Gasteiger partial charge in [-0.1, -0.05) is 11.6 Å². The monoisotopic (exact) mass is 375 g/mol. The Morgan fingerprint density at radius 1 is 1.42 bits per heavy atom. The maximum absolute atomic E-state index is 12.2. The molecule has 1 aromatic carbocycles. The summed E-state index contributed by atoms with van der Waals surface area (Å²) in [6.07, 6.45) is 3.09. The van der Waals surface area contributed by atoms with Gasteiger partial charge < -0.3 is 15.4 Å². The van der Waals surface area contributed by atoms with E-state index in [4.69, 9.17) is 16.3 Å². The largest absolute Gasteiger partial charge is 0.494 e. The van der Waals surface area contributed by atoms with Gasteiger partial charge >= 0.3 is 6.03 Å². The molecule has 0 radical (unpaired) electrons. The first-order valence-electron chi connectivity index (χ1n) is 7.58. The Hall–Kier alpha value is -1.67. The van der Waals surface area contributed by atoms with Crippen molar-refractivity contribution in [3.8, 4) is 5.75 Å². The van der Waals surface area contributed by atoms with Gasteiger partial charge in [0.2, 0.25) is 10.0 Å². The van der Waals surface area contributed by atoms with Crippen molar-refractivity contribution in [3.05, 3.63) is 22.7 Å². The predicted octanol–water partition coefficient (Wildman–Crippen LogP) is 1.88. The molecular weight excluding hydrogens is 354 g/mol. The Kier molecular flexibility index (Phi) is 5.82. The smallest absolute Gasteiger partial charge is 0.315 e. The lowest BCUT2D eigenvalue weighted by Crippen LogP contribution is -2.42. The van der Waals surface area contributed by atoms with Gasteiger partial charge in [0.05, 0.1) is 25.6 Å². The molecule has 0 atom stereocenters. The fraction of sp³-hybridized carbons (Fsp3) is 0.533. The molecule has 9 heteroatoms. The van der Waals surface area contributed by atoms with Crippen LogP contribution in [0.15, 0.2) is 12.1 Å². The molecule has 1 aliphatic carbocycles. The Bertz CT molecular complexity index is 720. The molecule has 0 spiro atoms. The summed E-state index contributed by atoms with van der Waals surface area (Å²) in [4.78, 5) is 11.7. The van der Waals surface area contributed by atoms with E-state index < -0.39 is 10.0 Å². The second-order valence-corrected chi connectivity index (χ2v) is 8.10. The molecule has 0 aliphatic heterocycles. The van der Waals surface area contributed by atoms with Crippen LogP contribution in [0.2, 0.25) is 5.02 Å². The number of ether oxygens (including phenoxy) is 1. The van der Waals surface area contributed by atoms with Crippen molar-refractivity contribution in [1.82, 2.24) is 10.6 Å². The van der Waals surface area contributed by atoms with Gasteiger partial charge in [-0.25, -0.2) is 13.2 Å². The quantitative estimate of drug-likeness (QED) is 0.761. The highest BCUT2D eigenvalue weighted by Crippen LogP contribution is 2.34. The van der Waals surface area contributed by atoms with Crippen molar-refractivity contribution in [3.63, 3.8) is 0 Å². The zero-order valence-electron chi connectivity index (χ0n) is 13.9. The van der Waals surface area contributed by atoms with Crippen LogP contribution in [0, 0.1) is 6.92 Å². The Labute approximate surface area is 147 Å². The predicted molar refractivity (Wildman–Crippen MR) is 94.5 cm³/mol. The summed E-state index contributed by atoms with van der Waals surface area (Å²) in [5.74, 6) is 0.360. The second kappa shape index (κ2) is 7.48. The van der Waals surface area contributed by atoms with Crippen molar-refractivity contribution in [2.45, 2.75) is 25.8 Å². The van der Waals surface area contributed by atoms with E-state index in [1.54, 1.807) is 19.1 Å². The van der Waals surface area contributed by atoms with E-state index in [1.807, 2.05) is 0 Å². The number of carbonyl (C=O) groups excluding carboxylic acids is 1. The molecular formula is C15H22ClN3O4S. The third kappa shape index (κ3) is 4.91. The Balaban J connectivity index is 2.13. The average molecular weight is 376 g/mol. The van der Waals surface area contributed by atoms with Gasteiger partial charge in [-0.15, -0.1) is 0 Å². The highest BCUT2D eigenvalue weighted by Gasteiger charge is 2.24. The van der Waals surface area contributed by atoms with Gasteiger partial charge in [-0.2, -0.15) is 0 Å². The maximum atomic E-state index is 12.2. The number of amides is 2. The first kappa shape index (κ1) is 18.7. The molecule has 0 bridgehead atoms. The number of rotatable bonds is 7. The summed E-state index contributed by atoms with van der Waals surface area (Å²) in [5, 5.41) is 5.94. The summed E-state index contributed by atoms with van der Waals surface area (Å²) >= 11 is 6.07. The highest BCUT2D eigenvalue weighted by molar-refractivity contribution is 7.92. The van der Waals surface area contributed by atoms with Gasteiger partial charge in [0.25, 0.3) is 0 Å². The molecule has 1 saturated carbocycles. The van der Waals surface area contributed by atoms with Crippen LogP contribution < -0.4 is 19.7 Å². The van der Waals surface area contributed by atoms with E-state index in [0.29, 0.717) is 16.5 Å². The Morgan fingerprint density at radius 3 is 2.62 bits per heavy atom. The number of aryl methyl sites for hydroxylation is 1. The molecule has 0 saturated heterocycles. The summed E-state index contributed by atoms with van der Waals surface area (Å²) < 4.78 is 30.8. The molecule has 0 unspecified atom stereocenters.